The fourth-order valence-electron chi connectivity index (χ4n) is 2.86. The van der Waals surface area contributed by atoms with Crippen molar-refractivity contribution in [3.8, 4) is 0 Å². The molecule has 0 heterocycles. The van der Waals surface area contributed by atoms with E-state index in [0.717, 1.165) is 12.0 Å². The lowest BCUT2D eigenvalue weighted by molar-refractivity contribution is 0.424. The Morgan fingerprint density at radius 2 is 2.04 bits per heavy atom. The van der Waals surface area contributed by atoms with E-state index in [4.69, 9.17) is 4.74 Å². The molecule has 23 heavy (non-hydrogen) atoms. The molecular weight excluding hydrogens is 282 g/mol. The van der Waals surface area contributed by atoms with Crippen molar-refractivity contribution in [3.63, 3.8) is 0 Å². The Kier molecular flexibility index (Phi) is 8.68. The van der Waals surface area contributed by atoms with Gasteiger partial charge in [-0.1, -0.05) is 44.9 Å². The maximum absolute atomic E-state index is 5.65. The predicted molar refractivity (Wildman–Crippen MR) is 102 cm³/mol. The third-order valence-corrected chi connectivity index (χ3v) is 4.43. The second-order valence-electron chi connectivity index (χ2n) is 6.19. The summed E-state index contributed by atoms with van der Waals surface area (Å²) in [5.74, 6) is 1.34. The molecular formula is C21H33NO. The summed E-state index contributed by atoms with van der Waals surface area (Å²) in [4.78, 5) is 4.04. The minimum Gasteiger partial charge on any atom is -0.444 e. The van der Waals surface area contributed by atoms with Gasteiger partial charge >= 0.3 is 0 Å². The Labute approximate surface area is 142 Å². The molecule has 1 aliphatic carbocycles. The largest absolute Gasteiger partial charge is 0.444 e. The highest BCUT2D eigenvalue weighted by Crippen LogP contribution is 2.33. The average molecular weight is 316 g/mol. The van der Waals surface area contributed by atoms with Crippen molar-refractivity contribution >= 4 is 5.90 Å². The maximum atomic E-state index is 5.65. The van der Waals surface area contributed by atoms with E-state index in [1.54, 1.807) is 12.6 Å². The van der Waals surface area contributed by atoms with Crippen molar-refractivity contribution < 1.29 is 4.74 Å². The number of hydrogen-bond donors (Lipinski definition) is 0. The van der Waals surface area contributed by atoms with E-state index in [2.05, 4.69) is 44.5 Å². The first-order valence-corrected chi connectivity index (χ1v) is 8.93. The summed E-state index contributed by atoms with van der Waals surface area (Å²) in [7, 11) is 1.73. The lowest BCUT2D eigenvalue weighted by Gasteiger charge is -2.21. The predicted octanol–water partition coefficient (Wildman–Crippen LogP) is 6.52. The van der Waals surface area contributed by atoms with Crippen molar-refractivity contribution in [3.05, 3.63) is 46.8 Å². The summed E-state index contributed by atoms with van der Waals surface area (Å²) in [6, 6.07) is 0. The molecule has 1 rings (SSSR count). The highest BCUT2D eigenvalue weighted by molar-refractivity contribution is 5.74. The summed E-state index contributed by atoms with van der Waals surface area (Å²) in [6.07, 6.45) is 13.2. The molecule has 0 spiro atoms. The quantitative estimate of drug-likeness (QED) is 0.164. The topological polar surface area (TPSA) is 21.6 Å². The second kappa shape index (κ2) is 10.3. The SMILES string of the molecule is C=C(O/C(C)=N\C)/C(C)=C/C1=C(CC)CCC=C1CCCCC. The van der Waals surface area contributed by atoms with E-state index in [9.17, 15) is 0 Å². The van der Waals surface area contributed by atoms with Gasteiger partial charge in [-0.05, 0) is 61.8 Å². The molecule has 0 radical (unpaired) electrons. The van der Waals surface area contributed by atoms with Crippen LogP contribution in [0.3, 0.4) is 0 Å². The van der Waals surface area contributed by atoms with Crippen LogP contribution in [0.25, 0.3) is 0 Å². The van der Waals surface area contributed by atoms with Crippen LogP contribution in [0.1, 0.15) is 72.6 Å². The Bertz CT molecular complexity index is 532. The Hall–Kier alpha value is -1.57. The van der Waals surface area contributed by atoms with E-state index >= 15 is 0 Å². The molecule has 2 heteroatoms. The van der Waals surface area contributed by atoms with Crippen LogP contribution in [0.15, 0.2) is 51.8 Å². The first-order chi connectivity index (χ1) is 11.0. The van der Waals surface area contributed by atoms with Gasteiger partial charge in [0.1, 0.15) is 5.76 Å². The summed E-state index contributed by atoms with van der Waals surface area (Å²) in [6.45, 7) is 12.5. The highest BCUT2D eigenvalue weighted by atomic mass is 16.5. The number of nitrogens with zero attached hydrogens (tertiary/aromatic N) is 1. The van der Waals surface area contributed by atoms with Gasteiger partial charge in [-0.15, -0.1) is 0 Å². The molecule has 0 fully saturated rings. The number of allylic oxidation sites excluding steroid dienone is 6. The van der Waals surface area contributed by atoms with Crippen molar-refractivity contribution in [1.29, 1.82) is 0 Å². The van der Waals surface area contributed by atoms with Gasteiger partial charge in [0.05, 0.1) is 0 Å². The van der Waals surface area contributed by atoms with Crippen LogP contribution in [-0.4, -0.2) is 12.9 Å². The number of rotatable bonds is 8. The number of hydrogen-bond acceptors (Lipinski definition) is 2. The summed E-state index contributed by atoms with van der Waals surface area (Å²) < 4.78 is 5.65. The molecule has 0 aliphatic heterocycles. The van der Waals surface area contributed by atoms with E-state index < -0.39 is 0 Å². The van der Waals surface area contributed by atoms with Crippen LogP contribution in [0.2, 0.25) is 0 Å². The summed E-state index contributed by atoms with van der Waals surface area (Å²) in [5.41, 5.74) is 5.57. The second-order valence-corrected chi connectivity index (χ2v) is 6.19. The highest BCUT2D eigenvalue weighted by Gasteiger charge is 2.14. The summed E-state index contributed by atoms with van der Waals surface area (Å²) in [5, 5.41) is 0. The van der Waals surface area contributed by atoms with Crippen LogP contribution >= 0.6 is 0 Å². The van der Waals surface area contributed by atoms with E-state index in [0.29, 0.717) is 11.7 Å². The van der Waals surface area contributed by atoms with Gasteiger partial charge in [0.25, 0.3) is 0 Å². The Balaban J connectivity index is 2.97. The molecule has 0 aromatic carbocycles. The normalized spacial score (nSPS) is 16.5. The Morgan fingerprint density at radius 3 is 2.65 bits per heavy atom. The molecule has 1 aliphatic rings. The summed E-state index contributed by atoms with van der Waals surface area (Å²) >= 11 is 0. The Morgan fingerprint density at radius 1 is 1.30 bits per heavy atom. The zero-order valence-corrected chi connectivity index (χ0v) is 15.7. The van der Waals surface area contributed by atoms with Gasteiger partial charge < -0.3 is 4.74 Å². The molecule has 0 N–H and O–H groups in total. The van der Waals surface area contributed by atoms with Crippen LogP contribution in [-0.2, 0) is 4.74 Å². The molecule has 0 aromatic rings. The van der Waals surface area contributed by atoms with Crippen LogP contribution in [0.5, 0.6) is 0 Å². The third-order valence-electron chi connectivity index (χ3n) is 4.43. The van der Waals surface area contributed by atoms with Gasteiger partial charge in [-0.2, -0.15) is 0 Å². The smallest absolute Gasteiger partial charge is 0.186 e. The first kappa shape index (κ1) is 19.5. The molecule has 128 valence electrons. The van der Waals surface area contributed by atoms with Crippen LogP contribution in [0.4, 0.5) is 0 Å². The fourth-order valence-corrected chi connectivity index (χ4v) is 2.86. The molecule has 2 nitrogen and oxygen atoms in total. The van der Waals surface area contributed by atoms with Crippen molar-refractivity contribution in [2.24, 2.45) is 4.99 Å². The number of ether oxygens (including phenoxy) is 1. The van der Waals surface area contributed by atoms with Gasteiger partial charge in [0.2, 0.25) is 0 Å². The molecule has 0 atom stereocenters. The maximum Gasteiger partial charge on any atom is 0.186 e. The lowest BCUT2D eigenvalue weighted by atomic mass is 9.85. The fraction of sp³-hybridized carbons (Fsp3) is 0.571. The zero-order chi connectivity index (χ0) is 17.2. The van der Waals surface area contributed by atoms with Crippen LogP contribution in [0, 0.1) is 0 Å². The number of unbranched alkanes of at least 4 members (excludes halogenated alkanes) is 2. The molecule has 0 bridgehead atoms. The molecule has 0 unspecified atom stereocenters. The third kappa shape index (κ3) is 6.21. The molecule has 0 amide bonds. The van der Waals surface area contributed by atoms with E-state index in [1.807, 2.05) is 6.92 Å². The standard InChI is InChI=1S/C21H33NO/c1-7-9-10-12-20-14-11-13-19(8-2)21(20)15-16(3)17(4)23-18(5)22-6/h14-15H,4,7-13H2,1-3,5-6H3/b16-15+,22-18-. The van der Waals surface area contributed by atoms with Gasteiger partial charge in [0.15, 0.2) is 5.90 Å². The van der Waals surface area contributed by atoms with Gasteiger partial charge in [-0.3, -0.25) is 4.99 Å². The zero-order valence-electron chi connectivity index (χ0n) is 15.7. The van der Waals surface area contributed by atoms with Gasteiger partial charge in [0, 0.05) is 14.0 Å². The first-order valence-electron chi connectivity index (χ1n) is 8.93. The van der Waals surface area contributed by atoms with Crippen LogP contribution < -0.4 is 0 Å². The number of aliphatic imine (C=N–C) groups is 1. The average Bonchev–Trinajstić information content (AvgIpc) is 2.55. The van der Waals surface area contributed by atoms with Crippen molar-refractivity contribution in [1.82, 2.24) is 0 Å². The van der Waals surface area contributed by atoms with Gasteiger partial charge in [-0.25, -0.2) is 0 Å². The van der Waals surface area contributed by atoms with E-state index in [-0.39, 0.29) is 0 Å². The molecule has 0 saturated carbocycles. The minimum absolute atomic E-state index is 0.648. The molecule has 0 aromatic heterocycles. The monoisotopic (exact) mass is 315 g/mol. The van der Waals surface area contributed by atoms with E-state index in [1.165, 1.54) is 49.7 Å². The minimum atomic E-state index is 0.648. The van der Waals surface area contributed by atoms with Crippen molar-refractivity contribution in [2.75, 3.05) is 7.05 Å². The molecule has 0 saturated heterocycles. The lowest BCUT2D eigenvalue weighted by Crippen LogP contribution is -2.03. The van der Waals surface area contributed by atoms with Crippen molar-refractivity contribution in [2.45, 2.75) is 72.6 Å².